The lowest BCUT2D eigenvalue weighted by Gasteiger charge is -2.05. The SMILES string of the molecule is O=S(=O)(F)C1CCc2cc(Br)ccc21. The van der Waals surface area contributed by atoms with Crippen LogP contribution in [-0.2, 0) is 16.6 Å². The molecule has 1 unspecified atom stereocenters. The Balaban J connectivity index is 2.51. The summed E-state index contributed by atoms with van der Waals surface area (Å²) < 4.78 is 35.3. The maximum absolute atomic E-state index is 12.8. The number of hydrogen-bond donors (Lipinski definition) is 0. The third-order valence-electron chi connectivity index (χ3n) is 2.47. The van der Waals surface area contributed by atoms with Gasteiger partial charge < -0.3 is 0 Å². The van der Waals surface area contributed by atoms with Crippen LogP contribution in [-0.4, -0.2) is 8.42 Å². The van der Waals surface area contributed by atoms with Crippen LogP contribution in [0.5, 0.6) is 0 Å². The number of benzene rings is 1. The van der Waals surface area contributed by atoms with Gasteiger partial charge in [0.25, 0.3) is 0 Å². The van der Waals surface area contributed by atoms with Gasteiger partial charge >= 0.3 is 10.2 Å². The van der Waals surface area contributed by atoms with Crippen molar-refractivity contribution in [1.29, 1.82) is 0 Å². The van der Waals surface area contributed by atoms with Gasteiger partial charge in [-0.1, -0.05) is 22.0 Å². The van der Waals surface area contributed by atoms with Gasteiger partial charge in [0.05, 0.1) is 0 Å². The molecule has 0 N–H and O–H groups in total. The van der Waals surface area contributed by atoms with E-state index >= 15 is 0 Å². The van der Waals surface area contributed by atoms with E-state index in [0.717, 1.165) is 10.0 Å². The van der Waals surface area contributed by atoms with Crippen LogP contribution in [0.1, 0.15) is 22.8 Å². The number of fused-ring (bicyclic) bond motifs is 1. The Morgan fingerprint density at radius 3 is 2.79 bits per heavy atom. The Labute approximate surface area is 90.5 Å². The molecule has 1 aliphatic carbocycles. The molecule has 0 spiro atoms. The first-order valence-electron chi connectivity index (χ1n) is 4.20. The molecule has 14 heavy (non-hydrogen) atoms. The quantitative estimate of drug-likeness (QED) is 0.741. The summed E-state index contributed by atoms with van der Waals surface area (Å²) in [6, 6.07) is 5.26. The third kappa shape index (κ3) is 1.70. The van der Waals surface area contributed by atoms with Crippen molar-refractivity contribution in [3.8, 4) is 0 Å². The largest absolute Gasteiger partial charge is 0.309 e. The van der Waals surface area contributed by atoms with Crippen LogP contribution in [0.15, 0.2) is 22.7 Å². The summed E-state index contributed by atoms with van der Waals surface area (Å²) in [5.74, 6) is 0. The van der Waals surface area contributed by atoms with E-state index in [-0.39, 0.29) is 0 Å². The lowest BCUT2D eigenvalue weighted by Crippen LogP contribution is -2.03. The van der Waals surface area contributed by atoms with Crippen molar-refractivity contribution >= 4 is 26.2 Å². The second-order valence-corrected chi connectivity index (χ2v) is 5.78. The molecule has 0 fully saturated rings. The van der Waals surface area contributed by atoms with E-state index in [1.54, 1.807) is 12.1 Å². The van der Waals surface area contributed by atoms with Crippen molar-refractivity contribution in [2.45, 2.75) is 18.1 Å². The highest BCUT2D eigenvalue weighted by atomic mass is 79.9. The molecule has 0 aromatic heterocycles. The Morgan fingerprint density at radius 1 is 1.43 bits per heavy atom. The standard InChI is InChI=1S/C9H8BrFO2S/c10-7-2-3-8-6(5-7)1-4-9(8)14(11,12)13/h2-3,5,9H,1,4H2. The summed E-state index contributed by atoms with van der Waals surface area (Å²) in [6.07, 6.45) is 0.979. The summed E-state index contributed by atoms with van der Waals surface area (Å²) in [4.78, 5) is 0. The summed E-state index contributed by atoms with van der Waals surface area (Å²) in [5, 5.41) is -0.953. The van der Waals surface area contributed by atoms with Gasteiger partial charge in [0.15, 0.2) is 0 Å². The van der Waals surface area contributed by atoms with E-state index in [2.05, 4.69) is 15.9 Å². The fourth-order valence-electron chi connectivity index (χ4n) is 1.84. The van der Waals surface area contributed by atoms with Crippen molar-refractivity contribution in [2.75, 3.05) is 0 Å². The molecule has 0 heterocycles. The molecule has 1 aromatic rings. The number of rotatable bonds is 1. The molecule has 1 aliphatic rings. The van der Waals surface area contributed by atoms with Gasteiger partial charge in [-0.25, -0.2) is 0 Å². The van der Waals surface area contributed by atoms with Crippen LogP contribution in [0.25, 0.3) is 0 Å². The Morgan fingerprint density at radius 2 is 2.14 bits per heavy atom. The lowest BCUT2D eigenvalue weighted by molar-refractivity contribution is 0.535. The van der Waals surface area contributed by atoms with Gasteiger partial charge in [0, 0.05) is 4.47 Å². The molecule has 0 saturated carbocycles. The first-order chi connectivity index (χ1) is 6.48. The van der Waals surface area contributed by atoms with E-state index in [9.17, 15) is 12.3 Å². The minimum Gasteiger partial charge on any atom is -0.194 e. The predicted octanol–water partition coefficient (Wildman–Crippen LogP) is 2.74. The second-order valence-electron chi connectivity index (χ2n) is 3.35. The molecule has 1 atom stereocenters. The van der Waals surface area contributed by atoms with Crippen molar-refractivity contribution in [3.05, 3.63) is 33.8 Å². The van der Waals surface area contributed by atoms with E-state index < -0.39 is 15.5 Å². The van der Waals surface area contributed by atoms with E-state index in [0.29, 0.717) is 18.4 Å². The van der Waals surface area contributed by atoms with Crippen LogP contribution < -0.4 is 0 Å². The summed E-state index contributed by atoms with van der Waals surface area (Å²) >= 11 is 3.29. The lowest BCUT2D eigenvalue weighted by atomic mass is 10.1. The fraction of sp³-hybridized carbons (Fsp3) is 0.333. The predicted molar refractivity (Wildman–Crippen MR) is 55.2 cm³/mol. The molecule has 0 saturated heterocycles. The number of halogens is 2. The van der Waals surface area contributed by atoms with Crippen molar-refractivity contribution in [3.63, 3.8) is 0 Å². The molecule has 0 radical (unpaired) electrons. The molecule has 0 bridgehead atoms. The summed E-state index contributed by atoms with van der Waals surface area (Å²) in [5.41, 5.74) is 1.53. The van der Waals surface area contributed by atoms with E-state index in [1.165, 1.54) is 0 Å². The van der Waals surface area contributed by atoms with E-state index in [4.69, 9.17) is 0 Å². The first kappa shape index (κ1) is 10.1. The molecular formula is C9H8BrFO2S. The molecular weight excluding hydrogens is 271 g/mol. The fourth-order valence-corrected chi connectivity index (χ4v) is 3.18. The molecule has 76 valence electrons. The highest BCUT2D eigenvalue weighted by molar-refractivity contribution is 9.10. The molecule has 0 aliphatic heterocycles. The first-order valence-corrected chi connectivity index (χ1v) is 6.44. The van der Waals surface area contributed by atoms with Crippen LogP contribution >= 0.6 is 15.9 Å². The molecule has 0 amide bonds. The van der Waals surface area contributed by atoms with Gasteiger partial charge in [-0.2, -0.15) is 8.42 Å². The number of hydrogen-bond acceptors (Lipinski definition) is 2. The smallest absolute Gasteiger partial charge is 0.194 e. The zero-order valence-corrected chi connectivity index (χ0v) is 9.61. The zero-order valence-electron chi connectivity index (χ0n) is 7.20. The third-order valence-corrected chi connectivity index (χ3v) is 4.13. The highest BCUT2D eigenvalue weighted by Gasteiger charge is 2.33. The minimum absolute atomic E-state index is 0.352. The average molecular weight is 279 g/mol. The van der Waals surface area contributed by atoms with Gasteiger partial charge in [-0.05, 0) is 36.1 Å². The van der Waals surface area contributed by atoms with Crippen molar-refractivity contribution in [1.82, 2.24) is 0 Å². The Bertz CT molecular complexity index is 470. The zero-order chi connectivity index (χ0) is 10.3. The van der Waals surface area contributed by atoms with Crippen molar-refractivity contribution in [2.24, 2.45) is 0 Å². The van der Waals surface area contributed by atoms with Gasteiger partial charge in [0.2, 0.25) is 0 Å². The average Bonchev–Trinajstić information content (AvgIpc) is 2.45. The summed E-state index contributed by atoms with van der Waals surface area (Å²) in [6.45, 7) is 0. The molecule has 2 nitrogen and oxygen atoms in total. The van der Waals surface area contributed by atoms with Crippen LogP contribution in [0.3, 0.4) is 0 Å². The minimum atomic E-state index is -4.44. The topological polar surface area (TPSA) is 34.1 Å². The summed E-state index contributed by atoms with van der Waals surface area (Å²) in [7, 11) is -4.44. The second kappa shape index (κ2) is 3.31. The van der Waals surface area contributed by atoms with Gasteiger partial charge in [-0.3, -0.25) is 0 Å². The maximum atomic E-state index is 12.8. The maximum Gasteiger partial charge on any atom is 0.309 e. The van der Waals surface area contributed by atoms with Crippen LogP contribution in [0.4, 0.5) is 3.89 Å². The van der Waals surface area contributed by atoms with E-state index in [1.807, 2.05) is 6.07 Å². The Hall–Kier alpha value is -0.420. The van der Waals surface area contributed by atoms with Crippen molar-refractivity contribution < 1.29 is 12.3 Å². The monoisotopic (exact) mass is 278 g/mol. The Kier molecular flexibility index (Phi) is 2.39. The normalized spacial score (nSPS) is 20.9. The van der Waals surface area contributed by atoms with Crippen LogP contribution in [0.2, 0.25) is 0 Å². The molecule has 2 rings (SSSR count). The highest BCUT2D eigenvalue weighted by Crippen LogP contribution is 2.38. The van der Waals surface area contributed by atoms with Crippen LogP contribution in [0, 0.1) is 0 Å². The van der Waals surface area contributed by atoms with Gasteiger partial charge in [0.1, 0.15) is 5.25 Å². The molecule has 1 aromatic carbocycles. The van der Waals surface area contributed by atoms with Gasteiger partial charge in [-0.15, -0.1) is 3.89 Å². The molecule has 5 heteroatoms. The number of aryl methyl sites for hydroxylation is 1.